The summed E-state index contributed by atoms with van der Waals surface area (Å²) in [7, 11) is 0. The molecule has 0 aromatic heterocycles. The van der Waals surface area contributed by atoms with Gasteiger partial charge in [-0.1, -0.05) is 36.8 Å². The number of guanidine groups is 1. The lowest BCUT2D eigenvalue weighted by atomic mass is 9.96. The Bertz CT molecular complexity index is 523. The average molecular weight is 457 g/mol. The van der Waals surface area contributed by atoms with Crippen molar-refractivity contribution in [1.82, 2.24) is 10.6 Å². The fraction of sp³-hybridized carbons (Fsp3) is 0.650. The molecule has 2 fully saturated rings. The Labute approximate surface area is 169 Å². The number of benzene rings is 1. The summed E-state index contributed by atoms with van der Waals surface area (Å²) in [5, 5.41) is 6.95. The van der Waals surface area contributed by atoms with Crippen LogP contribution in [-0.2, 0) is 11.2 Å². The number of nitrogens with one attached hydrogen (secondary N) is 2. The van der Waals surface area contributed by atoms with Crippen molar-refractivity contribution in [3.8, 4) is 0 Å². The lowest BCUT2D eigenvalue weighted by Gasteiger charge is -2.22. The van der Waals surface area contributed by atoms with Crippen molar-refractivity contribution in [2.24, 2.45) is 4.99 Å². The summed E-state index contributed by atoms with van der Waals surface area (Å²) in [5.74, 6) is 0.960. The molecule has 3 rings (SSSR count). The molecule has 2 saturated heterocycles. The number of unbranched alkanes of at least 4 members (excludes halogenated alkanes) is 2. The second kappa shape index (κ2) is 11.0. The zero-order valence-corrected chi connectivity index (χ0v) is 17.6. The Kier molecular flexibility index (Phi) is 9.03. The van der Waals surface area contributed by atoms with Gasteiger partial charge in [0, 0.05) is 13.1 Å². The molecule has 0 aliphatic carbocycles. The molecule has 0 radical (unpaired) electrons. The first-order chi connectivity index (χ1) is 11.8. The molecule has 2 aliphatic rings. The zero-order chi connectivity index (χ0) is 16.6. The highest BCUT2D eigenvalue weighted by atomic mass is 127. The van der Waals surface area contributed by atoms with E-state index in [0.717, 1.165) is 31.9 Å². The molecular formula is C20H32IN3O. The minimum atomic E-state index is 0. The van der Waals surface area contributed by atoms with E-state index >= 15 is 0 Å². The molecule has 2 bridgehead atoms. The first-order valence-electron chi connectivity index (χ1n) is 9.59. The quantitative estimate of drug-likeness (QED) is 0.270. The van der Waals surface area contributed by atoms with Crippen molar-refractivity contribution in [2.45, 2.75) is 70.1 Å². The molecule has 1 aromatic rings. The fourth-order valence-electron chi connectivity index (χ4n) is 3.74. The maximum Gasteiger partial charge on any atom is 0.191 e. The van der Waals surface area contributed by atoms with Gasteiger partial charge in [0.25, 0.3) is 0 Å². The van der Waals surface area contributed by atoms with Crippen LogP contribution in [-0.4, -0.2) is 37.3 Å². The van der Waals surface area contributed by atoms with E-state index in [2.05, 4.69) is 47.9 Å². The van der Waals surface area contributed by atoms with Gasteiger partial charge >= 0.3 is 0 Å². The number of halogens is 1. The highest BCUT2D eigenvalue weighted by Crippen LogP contribution is 2.34. The summed E-state index contributed by atoms with van der Waals surface area (Å²) in [4.78, 5) is 4.74. The molecular weight excluding hydrogens is 425 g/mol. The molecule has 1 aromatic carbocycles. The zero-order valence-electron chi connectivity index (χ0n) is 15.2. The number of aliphatic imine (C=N–C) groups is 1. The van der Waals surface area contributed by atoms with Crippen LogP contribution >= 0.6 is 24.0 Å². The van der Waals surface area contributed by atoms with Gasteiger partial charge in [0.1, 0.15) is 0 Å². The van der Waals surface area contributed by atoms with Crippen LogP contribution in [0.5, 0.6) is 0 Å². The van der Waals surface area contributed by atoms with Crippen LogP contribution in [0.15, 0.2) is 35.3 Å². The first-order valence-corrected chi connectivity index (χ1v) is 9.59. The second-order valence-electron chi connectivity index (χ2n) is 6.92. The maximum absolute atomic E-state index is 5.92. The van der Waals surface area contributed by atoms with Gasteiger partial charge in [0.05, 0.1) is 18.2 Å². The number of aryl methyl sites for hydroxylation is 1. The SMILES string of the molecule is CCNC(=NCCCCCc1ccccc1)NC1CC2CCC1O2.I. The van der Waals surface area contributed by atoms with Gasteiger partial charge in [-0.3, -0.25) is 4.99 Å². The lowest BCUT2D eigenvalue weighted by Crippen LogP contribution is -2.47. The molecule has 25 heavy (non-hydrogen) atoms. The van der Waals surface area contributed by atoms with Crippen LogP contribution < -0.4 is 10.6 Å². The topological polar surface area (TPSA) is 45.7 Å². The maximum atomic E-state index is 5.92. The Hall–Kier alpha value is -0.820. The van der Waals surface area contributed by atoms with E-state index in [4.69, 9.17) is 9.73 Å². The Morgan fingerprint density at radius 1 is 1.16 bits per heavy atom. The number of ether oxygens (including phenoxy) is 1. The number of fused-ring (bicyclic) bond motifs is 2. The van der Waals surface area contributed by atoms with E-state index in [-0.39, 0.29) is 24.0 Å². The van der Waals surface area contributed by atoms with Crippen molar-refractivity contribution in [3.05, 3.63) is 35.9 Å². The van der Waals surface area contributed by atoms with Crippen molar-refractivity contribution in [3.63, 3.8) is 0 Å². The predicted octanol–water partition coefficient (Wildman–Crippen LogP) is 3.89. The van der Waals surface area contributed by atoms with E-state index in [9.17, 15) is 0 Å². The monoisotopic (exact) mass is 457 g/mol. The van der Waals surface area contributed by atoms with Gasteiger partial charge < -0.3 is 15.4 Å². The van der Waals surface area contributed by atoms with Gasteiger partial charge in [0.15, 0.2) is 5.96 Å². The standard InChI is InChI=1S/C20H31N3O.HI/c1-2-21-20(23-18-15-17-12-13-19(18)24-17)22-14-8-4-7-11-16-9-5-3-6-10-16;/h3,5-6,9-10,17-19H,2,4,7-8,11-15H2,1H3,(H2,21,22,23);1H. The van der Waals surface area contributed by atoms with Crippen LogP contribution in [0, 0.1) is 0 Å². The van der Waals surface area contributed by atoms with Crippen molar-refractivity contribution < 1.29 is 4.74 Å². The Balaban J connectivity index is 0.00000225. The van der Waals surface area contributed by atoms with Gasteiger partial charge in [-0.25, -0.2) is 0 Å². The molecule has 5 heteroatoms. The molecule has 2 aliphatic heterocycles. The van der Waals surface area contributed by atoms with Crippen molar-refractivity contribution in [1.29, 1.82) is 0 Å². The van der Waals surface area contributed by atoms with Crippen LogP contribution in [0.4, 0.5) is 0 Å². The molecule has 140 valence electrons. The third-order valence-electron chi connectivity index (χ3n) is 5.01. The average Bonchev–Trinajstić information content (AvgIpc) is 3.22. The normalized spacial score (nSPS) is 24.8. The summed E-state index contributed by atoms with van der Waals surface area (Å²) < 4.78 is 5.92. The molecule has 2 heterocycles. The highest BCUT2D eigenvalue weighted by Gasteiger charge is 2.41. The largest absolute Gasteiger partial charge is 0.373 e. The molecule has 3 unspecified atom stereocenters. The van der Waals surface area contributed by atoms with Crippen LogP contribution in [0.1, 0.15) is 51.0 Å². The Morgan fingerprint density at radius 2 is 2.00 bits per heavy atom. The van der Waals surface area contributed by atoms with Crippen molar-refractivity contribution in [2.75, 3.05) is 13.1 Å². The van der Waals surface area contributed by atoms with Crippen molar-refractivity contribution >= 4 is 29.9 Å². The van der Waals surface area contributed by atoms with E-state index in [1.54, 1.807) is 0 Å². The van der Waals surface area contributed by atoms with Gasteiger partial charge in [-0.2, -0.15) is 0 Å². The van der Waals surface area contributed by atoms with E-state index in [1.165, 1.54) is 37.7 Å². The van der Waals surface area contributed by atoms with E-state index in [1.807, 2.05) is 0 Å². The van der Waals surface area contributed by atoms with E-state index < -0.39 is 0 Å². The van der Waals surface area contributed by atoms with Crippen LogP contribution in [0.25, 0.3) is 0 Å². The smallest absolute Gasteiger partial charge is 0.191 e. The number of hydrogen-bond donors (Lipinski definition) is 2. The predicted molar refractivity (Wildman–Crippen MR) is 115 cm³/mol. The number of nitrogens with zero attached hydrogens (tertiary/aromatic N) is 1. The number of hydrogen-bond acceptors (Lipinski definition) is 2. The molecule has 4 nitrogen and oxygen atoms in total. The highest BCUT2D eigenvalue weighted by molar-refractivity contribution is 14.0. The summed E-state index contributed by atoms with van der Waals surface area (Å²) in [6, 6.07) is 11.2. The van der Waals surface area contributed by atoms with Crippen LogP contribution in [0.2, 0.25) is 0 Å². The van der Waals surface area contributed by atoms with Gasteiger partial charge in [0.2, 0.25) is 0 Å². The molecule has 0 saturated carbocycles. The summed E-state index contributed by atoms with van der Waals surface area (Å²) in [6.45, 7) is 3.92. The van der Waals surface area contributed by atoms with E-state index in [0.29, 0.717) is 18.2 Å². The molecule has 3 atom stereocenters. The number of rotatable bonds is 8. The van der Waals surface area contributed by atoms with Gasteiger partial charge in [-0.05, 0) is 51.0 Å². The lowest BCUT2D eigenvalue weighted by molar-refractivity contribution is 0.0992. The Morgan fingerprint density at radius 3 is 2.68 bits per heavy atom. The fourth-order valence-corrected chi connectivity index (χ4v) is 3.74. The molecule has 0 amide bonds. The third kappa shape index (κ3) is 6.44. The minimum Gasteiger partial charge on any atom is -0.373 e. The van der Waals surface area contributed by atoms with Crippen LogP contribution in [0.3, 0.4) is 0 Å². The summed E-state index contributed by atoms with van der Waals surface area (Å²) >= 11 is 0. The third-order valence-corrected chi connectivity index (χ3v) is 5.01. The second-order valence-corrected chi connectivity index (χ2v) is 6.92. The molecule has 2 N–H and O–H groups in total. The molecule has 0 spiro atoms. The first kappa shape index (κ1) is 20.5. The minimum absolute atomic E-state index is 0. The summed E-state index contributed by atoms with van der Waals surface area (Å²) in [5.41, 5.74) is 1.44. The summed E-state index contributed by atoms with van der Waals surface area (Å²) in [6.07, 6.45) is 9.23. The van der Waals surface area contributed by atoms with Gasteiger partial charge in [-0.15, -0.1) is 24.0 Å².